The molecule has 1 rings (SSSR count). The van der Waals surface area contributed by atoms with Crippen molar-refractivity contribution in [3.05, 3.63) is 35.9 Å². The van der Waals surface area contributed by atoms with Crippen LogP contribution < -0.4 is 5.32 Å². The SMILES string of the molecule is C=O.C=O.CNC.Cc1ccccc1. The third-order valence-corrected chi connectivity index (χ3v) is 0.940. The zero-order valence-electron chi connectivity index (χ0n) is 9.12. The quantitative estimate of drug-likeness (QED) is 0.685. The number of carbonyl (C=O) groups excluding carboxylic acids is 2. The van der Waals surface area contributed by atoms with E-state index in [0.29, 0.717) is 0 Å². The highest BCUT2D eigenvalue weighted by Gasteiger charge is 1.72. The van der Waals surface area contributed by atoms with E-state index in [1.165, 1.54) is 5.56 Å². The van der Waals surface area contributed by atoms with Gasteiger partial charge in [0.25, 0.3) is 0 Å². The summed E-state index contributed by atoms with van der Waals surface area (Å²) < 4.78 is 0. The van der Waals surface area contributed by atoms with Crippen LogP contribution in [0.1, 0.15) is 5.56 Å². The molecular formula is C11H19NO2. The van der Waals surface area contributed by atoms with E-state index < -0.39 is 0 Å². The number of hydrogen-bond donors (Lipinski definition) is 1. The van der Waals surface area contributed by atoms with Gasteiger partial charge in [-0.05, 0) is 21.0 Å². The molecule has 0 amide bonds. The van der Waals surface area contributed by atoms with Crippen LogP contribution in [0.2, 0.25) is 0 Å². The molecule has 80 valence electrons. The first-order valence-corrected chi connectivity index (χ1v) is 3.99. The van der Waals surface area contributed by atoms with Crippen LogP contribution in [0, 0.1) is 6.92 Å². The minimum atomic E-state index is 1.32. The Hall–Kier alpha value is -1.48. The highest BCUT2D eigenvalue weighted by molar-refractivity contribution is 5.11. The van der Waals surface area contributed by atoms with Gasteiger partial charge in [0.15, 0.2) is 0 Å². The van der Waals surface area contributed by atoms with Gasteiger partial charge in [-0.3, -0.25) is 0 Å². The first-order valence-electron chi connectivity index (χ1n) is 3.99. The van der Waals surface area contributed by atoms with Crippen LogP contribution in [0.25, 0.3) is 0 Å². The molecule has 0 aliphatic carbocycles. The van der Waals surface area contributed by atoms with E-state index in [2.05, 4.69) is 24.4 Å². The molecule has 0 radical (unpaired) electrons. The monoisotopic (exact) mass is 197 g/mol. The van der Waals surface area contributed by atoms with E-state index >= 15 is 0 Å². The van der Waals surface area contributed by atoms with Crippen LogP contribution in [0.15, 0.2) is 30.3 Å². The Morgan fingerprint density at radius 2 is 1.21 bits per heavy atom. The fraction of sp³-hybridized carbons (Fsp3) is 0.273. The van der Waals surface area contributed by atoms with Crippen molar-refractivity contribution < 1.29 is 9.59 Å². The number of carbonyl (C=O) groups is 2. The molecule has 14 heavy (non-hydrogen) atoms. The normalized spacial score (nSPS) is 6.21. The predicted molar refractivity (Wildman–Crippen MR) is 60.4 cm³/mol. The van der Waals surface area contributed by atoms with Crippen LogP contribution >= 0.6 is 0 Å². The van der Waals surface area contributed by atoms with E-state index in [9.17, 15) is 0 Å². The second-order valence-corrected chi connectivity index (χ2v) is 2.15. The molecule has 0 saturated heterocycles. The Kier molecular flexibility index (Phi) is 29.5. The summed E-state index contributed by atoms with van der Waals surface area (Å²) in [5.74, 6) is 0. The molecular weight excluding hydrogens is 178 g/mol. The van der Waals surface area contributed by atoms with Gasteiger partial charge in [0.2, 0.25) is 0 Å². The van der Waals surface area contributed by atoms with Crippen molar-refractivity contribution in [1.82, 2.24) is 5.32 Å². The second-order valence-electron chi connectivity index (χ2n) is 2.15. The molecule has 0 unspecified atom stereocenters. The summed E-state index contributed by atoms with van der Waals surface area (Å²) in [5, 5.41) is 2.75. The summed E-state index contributed by atoms with van der Waals surface area (Å²) in [4.78, 5) is 16.0. The summed E-state index contributed by atoms with van der Waals surface area (Å²) in [6.45, 7) is 6.08. The van der Waals surface area contributed by atoms with E-state index in [-0.39, 0.29) is 0 Å². The van der Waals surface area contributed by atoms with Gasteiger partial charge in [0.1, 0.15) is 13.6 Å². The molecule has 0 heterocycles. The molecule has 0 bridgehead atoms. The Morgan fingerprint density at radius 3 is 1.36 bits per heavy atom. The van der Waals surface area contributed by atoms with Gasteiger partial charge in [0.05, 0.1) is 0 Å². The average molecular weight is 197 g/mol. The molecule has 0 fully saturated rings. The molecule has 0 spiro atoms. The van der Waals surface area contributed by atoms with Crippen molar-refractivity contribution in [2.24, 2.45) is 0 Å². The first kappa shape index (κ1) is 18.3. The Morgan fingerprint density at radius 1 is 0.929 bits per heavy atom. The average Bonchev–Trinajstić information content (AvgIpc) is 2.26. The van der Waals surface area contributed by atoms with Gasteiger partial charge in [-0.25, -0.2) is 0 Å². The lowest BCUT2D eigenvalue weighted by Gasteiger charge is -1.82. The lowest BCUT2D eigenvalue weighted by atomic mass is 10.2. The van der Waals surface area contributed by atoms with E-state index in [0.717, 1.165) is 0 Å². The zero-order valence-corrected chi connectivity index (χ0v) is 9.12. The third kappa shape index (κ3) is 22.4. The lowest BCUT2D eigenvalue weighted by Crippen LogP contribution is -1.89. The van der Waals surface area contributed by atoms with Crippen molar-refractivity contribution >= 4 is 13.6 Å². The Bertz CT molecular complexity index is 176. The maximum Gasteiger partial charge on any atom is 0.106 e. The summed E-state index contributed by atoms with van der Waals surface area (Å²) in [7, 11) is 3.75. The molecule has 3 nitrogen and oxygen atoms in total. The zero-order chi connectivity index (χ0) is 11.8. The number of benzene rings is 1. The van der Waals surface area contributed by atoms with Gasteiger partial charge in [-0.2, -0.15) is 0 Å². The van der Waals surface area contributed by atoms with E-state index in [1.807, 2.05) is 45.9 Å². The molecule has 1 aromatic carbocycles. The largest absolute Gasteiger partial charge is 0.323 e. The van der Waals surface area contributed by atoms with Gasteiger partial charge in [-0.15, -0.1) is 0 Å². The van der Waals surface area contributed by atoms with Gasteiger partial charge in [0, 0.05) is 0 Å². The van der Waals surface area contributed by atoms with Crippen molar-refractivity contribution in [2.45, 2.75) is 6.92 Å². The topological polar surface area (TPSA) is 46.2 Å². The van der Waals surface area contributed by atoms with Gasteiger partial charge in [-0.1, -0.05) is 35.9 Å². The number of nitrogens with one attached hydrogen (secondary N) is 1. The van der Waals surface area contributed by atoms with Gasteiger partial charge < -0.3 is 14.9 Å². The summed E-state index contributed by atoms with van der Waals surface area (Å²) in [6, 6.07) is 10.3. The smallest absolute Gasteiger partial charge is 0.106 e. The molecule has 0 aromatic heterocycles. The van der Waals surface area contributed by atoms with Crippen molar-refractivity contribution in [1.29, 1.82) is 0 Å². The standard InChI is InChI=1S/C7H8.C2H7N.2CH2O/c1-7-5-3-2-4-6-7;1-3-2;2*1-2/h2-6H,1H3;3H,1-2H3;2*1H2. The van der Waals surface area contributed by atoms with Crippen molar-refractivity contribution in [3.8, 4) is 0 Å². The number of rotatable bonds is 0. The maximum absolute atomic E-state index is 8.00. The van der Waals surface area contributed by atoms with Crippen LogP contribution in [0.5, 0.6) is 0 Å². The molecule has 0 atom stereocenters. The van der Waals surface area contributed by atoms with E-state index in [4.69, 9.17) is 9.59 Å². The molecule has 3 heteroatoms. The molecule has 0 aliphatic heterocycles. The minimum Gasteiger partial charge on any atom is -0.323 e. The van der Waals surface area contributed by atoms with Crippen LogP contribution in [-0.4, -0.2) is 27.7 Å². The molecule has 1 N–H and O–H groups in total. The van der Waals surface area contributed by atoms with Crippen LogP contribution in [-0.2, 0) is 9.59 Å². The van der Waals surface area contributed by atoms with Crippen molar-refractivity contribution in [3.63, 3.8) is 0 Å². The Balaban J connectivity index is -0.000000148. The molecule has 1 aromatic rings. The third-order valence-electron chi connectivity index (χ3n) is 0.940. The van der Waals surface area contributed by atoms with Crippen molar-refractivity contribution in [2.75, 3.05) is 14.1 Å². The summed E-state index contributed by atoms with van der Waals surface area (Å²) in [6.07, 6.45) is 0. The maximum atomic E-state index is 8.00. The van der Waals surface area contributed by atoms with Gasteiger partial charge >= 0.3 is 0 Å². The van der Waals surface area contributed by atoms with Crippen LogP contribution in [0.4, 0.5) is 0 Å². The molecule has 0 aliphatic rings. The van der Waals surface area contributed by atoms with Crippen LogP contribution in [0.3, 0.4) is 0 Å². The second kappa shape index (κ2) is 22.5. The summed E-state index contributed by atoms with van der Waals surface area (Å²) in [5.41, 5.74) is 1.32. The van der Waals surface area contributed by atoms with E-state index in [1.54, 1.807) is 0 Å². The fourth-order valence-corrected chi connectivity index (χ4v) is 0.534. The highest BCUT2D eigenvalue weighted by atomic mass is 16.1. The Labute approximate surface area is 86.1 Å². The lowest BCUT2D eigenvalue weighted by molar-refractivity contribution is -0.0987. The first-order chi connectivity index (χ1) is 6.81. The predicted octanol–water partition coefficient (Wildman–Crippen LogP) is 1.46. The summed E-state index contributed by atoms with van der Waals surface area (Å²) >= 11 is 0. The molecule has 0 saturated carbocycles. The fourth-order valence-electron chi connectivity index (χ4n) is 0.534. The minimum absolute atomic E-state index is 1.32. The number of hydrogen-bond acceptors (Lipinski definition) is 3. The highest BCUT2D eigenvalue weighted by Crippen LogP contribution is 1.92. The number of aryl methyl sites for hydroxylation is 1.